The standard InChI is InChI=1S/C22H24S.C2H6/c1-15-13-17-9-5-7-11-19(17)21(15)23(3,4)22-16(2)14-18-10-6-8-12-20(18)22;1-2/h5-14,21-22H,1-4H3;1-2H3. The third-order valence-corrected chi connectivity index (χ3v) is 9.05. The van der Waals surface area contributed by atoms with Gasteiger partial charge in [-0.05, 0) is 48.6 Å². The van der Waals surface area contributed by atoms with Crippen molar-refractivity contribution in [3.05, 3.63) is 81.9 Å². The minimum absolute atomic E-state index is 0.568. The average molecular weight is 351 g/mol. The zero-order valence-corrected chi connectivity index (χ0v) is 17.2. The number of rotatable bonds is 2. The molecule has 0 heterocycles. The highest BCUT2D eigenvalue weighted by molar-refractivity contribution is 8.33. The molecule has 0 bridgehead atoms. The van der Waals surface area contributed by atoms with Gasteiger partial charge in [-0.15, -0.1) is 0 Å². The molecule has 2 atom stereocenters. The van der Waals surface area contributed by atoms with Gasteiger partial charge < -0.3 is 0 Å². The van der Waals surface area contributed by atoms with E-state index in [-0.39, 0.29) is 0 Å². The fourth-order valence-electron chi connectivity index (χ4n) is 4.64. The molecule has 2 aromatic carbocycles. The van der Waals surface area contributed by atoms with E-state index < -0.39 is 10.0 Å². The van der Waals surface area contributed by atoms with Gasteiger partial charge in [0.05, 0.1) is 0 Å². The van der Waals surface area contributed by atoms with Gasteiger partial charge in [-0.3, -0.25) is 0 Å². The summed E-state index contributed by atoms with van der Waals surface area (Å²) in [5.74, 6) is 0. The Bertz CT molecular complexity index is 769. The molecule has 0 spiro atoms. The van der Waals surface area contributed by atoms with Crippen molar-refractivity contribution in [3.8, 4) is 0 Å². The monoisotopic (exact) mass is 350 g/mol. The van der Waals surface area contributed by atoms with Gasteiger partial charge in [0.25, 0.3) is 0 Å². The minimum Gasteiger partial charge on any atom is -0.226 e. The molecule has 2 unspecified atom stereocenters. The molecule has 132 valence electrons. The van der Waals surface area contributed by atoms with Crippen LogP contribution < -0.4 is 0 Å². The normalized spacial score (nSPS) is 21.5. The Morgan fingerprint density at radius 1 is 0.640 bits per heavy atom. The minimum atomic E-state index is -0.900. The van der Waals surface area contributed by atoms with E-state index in [9.17, 15) is 0 Å². The van der Waals surface area contributed by atoms with Crippen molar-refractivity contribution in [1.82, 2.24) is 0 Å². The Hall–Kier alpha value is -1.73. The van der Waals surface area contributed by atoms with Crippen molar-refractivity contribution in [3.63, 3.8) is 0 Å². The Balaban J connectivity index is 0.000000880. The van der Waals surface area contributed by atoms with Crippen LogP contribution in [0.5, 0.6) is 0 Å². The lowest BCUT2D eigenvalue weighted by atomic mass is 10.1. The van der Waals surface area contributed by atoms with Gasteiger partial charge >= 0.3 is 0 Å². The van der Waals surface area contributed by atoms with Crippen molar-refractivity contribution in [2.75, 3.05) is 12.5 Å². The first kappa shape index (κ1) is 18.1. The third-order valence-electron chi connectivity index (χ3n) is 5.37. The molecule has 2 aliphatic rings. The summed E-state index contributed by atoms with van der Waals surface area (Å²) in [5.41, 5.74) is 8.96. The largest absolute Gasteiger partial charge is 0.226 e. The molecule has 0 aromatic heterocycles. The summed E-state index contributed by atoms with van der Waals surface area (Å²) in [5, 5.41) is 1.14. The fraction of sp³-hybridized carbons (Fsp3) is 0.333. The second kappa shape index (κ2) is 6.88. The lowest BCUT2D eigenvalue weighted by molar-refractivity contribution is 1.06. The molecular weight excluding hydrogens is 320 g/mol. The third kappa shape index (κ3) is 2.89. The number of fused-ring (bicyclic) bond motifs is 2. The zero-order chi connectivity index (χ0) is 18.2. The van der Waals surface area contributed by atoms with Crippen molar-refractivity contribution in [2.24, 2.45) is 0 Å². The summed E-state index contributed by atoms with van der Waals surface area (Å²) in [6, 6.07) is 17.9. The maximum atomic E-state index is 2.53. The summed E-state index contributed by atoms with van der Waals surface area (Å²) in [4.78, 5) is 0. The molecule has 0 N–H and O–H groups in total. The van der Waals surface area contributed by atoms with Gasteiger partial charge in [-0.25, -0.2) is 10.0 Å². The van der Waals surface area contributed by atoms with Gasteiger partial charge in [0.1, 0.15) is 0 Å². The van der Waals surface area contributed by atoms with E-state index in [2.05, 4.69) is 87.0 Å². The molecule has 0 nitrogen and oxygen atoms in total. The maximum Gasteiger partial charge on any atom is 0.0361 e. The van der Waals surface area contributed by atoms with E-state index in [1.165, 1.54) is 33.4 Å². The number of hydrogen-bond donors (Lipinski definition) is 0. The Morgan fingerprint density at radius 2 is 1.00 bits per heavy atom. The van der Waals surface area contributed by atoms with Gasteiger partial charge in [-0.2, -0.15) is 0 Å². The van der Waals surface area contributed by atoms with Gasteiger partial charge in [0, 0.05) is 10.5 Å². The highest BCUT2D eigenvalue weighted by Gasteiger charge is 2.41. The molecule has 0 amide bonds. The first-order valence-electron chi connectivity index (χ1n) is 9.25. The van der Waals surface area contributed by atoms with Crippen LogP contribution in [-0.2, 0) is 0 Å². The summed E-state index contributed by atoms with van der Waals surface area (Å²) >= 11 is 0. The van der Waals surface area contributed by atoms with Gasteiger partial charge in [0.15, 0.2) is 0 Å². The predicted molar refractivity (Wildman–Crippen MR) is 116 cm³/mol. The summed E-state index contributed by atoms with van der Waals surface area (Å²) in [6.45, 7) is 8.64. The van der Waals surface area contributed by atoms with Crippen molar-refractivity contribution >= 4 is 22.2 Å². The quantitative estimate of drug-likeness (QED) is 0.529. The van der Waals surface area contributed by atoms with E-state index in [1.807, 2.05) is 13.8 Å². The molecule has 1 heteroatoms. The Morgan fingerprint density at radius 3 is 1.40 bits per heavy atom. The zero-order valence-electron chi connectivity index (χ0n) is 16.3. The molecular formula is C24H30S. The van der Waals surface area contributed by atoms with Crippen LogP contribution in [0, 0.1) is 0 Å². The molecule has 0 saturated heterocycles. The fourth-order valence-corrected chi connectivity index (χ4v) is 8.71. The highest BCUT2D eigenvalue weighted by Crippen LogP contribution is 2.72. The van der Waals surface area contributed by atoms with Crippen LogP contribution in [0.3, 0.4) is 0 Å². The number of hydrogen-bond acceptors (Lipinski definition) is 0. The van der Waals surface area contributed by atoms with E-state index in [4.69, 9.17) is 0 Å². The molecule has 0 aliphatic heterocycles. The van der Waals surface area contributed by atoms with E-state index in [0.717, 1.165) is 0 Å². The number of benzene rings is 2. The summed E-state index contributed by atoms with van der Waals surface area (Å²) < 4.78 is 0. The predicted octanol–water partition coefficient (Wildman–Crippen LogP) is 7.39. The maximum absolute atomic E-state index is 2.53. The Kier molecular flexibility index (Phi) is 4.97. The van der Waals surface area contributed by atoms with Crippen molar-refractivity contribution in [2.45, 2.75) is 38.2 Å². The second-order valence-electron chi connectivity index (χ2n) is 7.28. The van der Waals surface area contributed by atoms with E-state index >= 15 is 0 Å². The molecule has 4 rings (SSSR count). The average Bonchev–Trinajstić information content (AvgIpc) is 3.12. The smallest absolute Gasteiger partial charge is 0.0361 e. The first-order valence-corrected chi connectivity index (χ1v) is 11.8. The molecule has 2 aliphatic carbocycles. The topological polar surface area (TPSA) is 0 Å². The van der Waals surface area contributed by atoms with Crippen LogP contribution in [0.2, 0.25) is 0 Å². The summed E-state index contributed by atoms with van der Waals surface area (Å²) in [7, 11) is -0.900. The van der Waals surface area contributed by atoms with Crippen LogP contribution in [0.25, 0.3) is 12.2 Å². The van der Waals surface area contributed by atoms with Crippen LogP contribution in [0.4, 0.5) is 0 Å². The highest BCUT2D eigenvalue weighted by atomic mass is 32.3. The lowest BCUT2D eigenvalue weighted by Crippen LogP contribution is -2.16. The molecule has 0 radical (unpaired) electrons. The lowest BCUT2D eigenvalue weighted by Gasteiger charge is -2.46. The molecule has 25 heavy (non-hydrogen) atoms. The van der Waals surface area contributed by atoms with E-state index in [0.29, 0.717) is 10.5 Å². The molecule has 2 aromatic rings. The van der Waals surface area contributed by atoms with Crippen LogP contribution in [0.1, 0.15) is 60.4 Å². The van der Waals surface area contributed by atoms with Gasteiger partial charge in [0.2, 0.25) is 0 Å². The van der Waals surface area contributed by atoms with Crippen LogP contribution in [-0.4, -0.2) is 12.5 Å². The van der Waals surface area contributed by atoms with Gasteiger partial charge in [-0.1, -0.05) is 85.7 Å². The van der Waals surface area contributed by atoms with Crippen LogP contribution in [0.15, 0.2) is 59.7 Å². The van der Waals surface area contributed by atoms with Crippen molar-refractivity contribution in [1.29, 1.82) is 0 Å². The molecule has 0 fully saturated rings. The molecule has 0 saturated carbocycles. The Labute approximate surface area is 155 Å². The summed E-state index contributed by atoms with van der Waals surface area (Å²) in [6.07, 6.45) is 9.85. The SMILES string of the molecule is CC.CC1=Cc2ccccc2C1S(C)(C)C1C(C)=Cc2ccccc21. The van der Waals surface area contributed by atoms with Crippen molar-refractivity contribution < 1.29 is 0 Å². The van der Waals surface area contributed by atoms with Crippen LogP contribution >= 0.6 is 10.0 Å². The second-order valence-corrected chi connectivity index (χ2v) is 11.2. The van der Waals surface area contributed by atoms with E-state index in [1.54, 1.807) is 0 Å². The first-order chi connectivity index (χ1) is 12.0.